The highest BCUT2D eigenvalue weighted by Crippen LogP contribution is 2.32. The number of amides is 1. The van der Waals surface area contributed by atoms with Gasteiger partial charge in [-0.2, -0.15) is 5.10 Å². The number of carbonyl (C=O) groups excluding carboxylic acids is 1. The monoisotopic (exact) mass is 439 g/mol. The average Bonchev–Trinajstić information content (AvgIpc) is 3.09. The molecule has 0 spiro atoms. The van der Waals surface area contributed by atoms with Crippen LogP contribution in [-0.4, -0.2) is 15.7 Å². The van der Waals surface area contributed by atoms with Crippen molar-refractivity contribution in [3.8, 4) is 17.3 Å². The van der Waals surface area contributed by atoms with Crippen LogP contribution in [0.25, 0.3) is 5.69 Å². The smallest absolute Gasteiger partial charge is 0.226 e. The van der Waals surface area contributed by atoms with Gasteiger partial charge in [-0.15, -0.1) is 0 Å². The van der Waals surface area contributed by atoms with Crippen LogP contribution in [0.15, 0.2) is 72.8 Å². The molecule has 0 bridgehead atoms. The molecule has 0 atom stereocenters. The lowest BCUT2D eigenvalue weighted by Crippen LogP contribution is -2.12. The van der Waals surface area contributed by atoms with Crippen molar-refractivity contribution in [3.05, 3.63) is 101 Å². The van der Waals surface area contributed by atoms with Crippen molar-refractivity contribution in [1.29, 1.82) is 0 Å². The van der Waals surface area contributed by atoms with Crippen molar-refractivity contribution in [3.63, 3.8) is 0 Å². The number of hydrogen-bond acceptors (Lipinski definition) is 3. The first-order chi connectivity index (χ1) is 15.9. The topological polar surface area (TPSA) is 56.2 Å². The minimum absolute atomic E-state index is 0.0388. The van der Waals surface area contributed by atoms with E-state index in [1.807, 2.05) is 86.1 Å². The Hall–Kier alpha value is -3.86. The highest BCUT2D eigenvalue weighted by Gasteiger charge is 2.20. The summed E-state index contributed by atoms with van der Waals surface area (Å²) in [6.07, 6.45) is 0.856. The molecule has 0 saturated carbocycles. The Labute approximate surface area is 195 Å². The minimum atomic E-state index is -0.0388. The Kier molecular flexibility index (Phi) is 6.59. The third-order valence-corrected chi connectivity index (χ3v) is 5.52. The summed E-state index contributed by atoms with van der Waals surface area (Å²) < 4.78 is 8.20. The van der Waals surface area contributed by atoms with Crippen LogP contribution < -0.4 is 10.1 Å². The van der Waals surface area contributed by atoms with E-state index in [4.69, 9.17) is 9.84 Å². The minimum Gasteiger partial charge on any atom is -0.439 e. The zero-order valence-electron chi connectivity index (χ0n) is 19.6. The van der Waals surface area contributed by atoms with Crippen molar-refractivity contribution >= 4 is 11.6 Å². The largest absolute Gasteiger partial charge is 0.439 e. The van der Waals surface area contributed by atoms with Gasteiger partial charge < -0.3 is 10.1 Å². The molecule has 0 aliphatic carbocycles. The van der Waals surface area contributed by atoms with Gasteiger partial charge in [-0.1, -0.05) is 42.0 Å². The Balaban J connectivity index is 1.62. The fourth-order valence-corrected chi connectivity index (χ4v) is 3.76. The number of ether oxygens (including phenoxy) is 1. The van der Waals surface area contributed by atoms with Gasteiger partial charge >= 0.3 is 0 Å². The lowest BCUT2D eigenvalue weighted by Gasteiger charge is -2.12. The van der Waals surface area contributed by atoms with E-state index < -0.39 is 0 Å². The Morgan fingerprint density at radius 3 is 2.27 bits per heavy atom. The first kappa shape index (κ1) is 22.3. The highest BCUT2D eigenvalue weighted by molar-refractivity contribution is 5.90. The van der Waals surface area contributed by atoms with Crippen LogP contribution >= 0.6 is 0 Å². The van der Waals surface area contributed by atoms with Crippen LogP contribution in [0.5, 0.6) is 11.6 Å². The van der Waals surface area contributed by atoms with Crippen molar-refractivity contribution in [2.75, 3.05) is 5.32 Å². The van der Waals surface area contributed by atoms with E-state index in [1.165, 1.54) is 0 Å². The third-order valence-electron chi connectivity index (χ3n) is 5.52. The number of rotatable bonds is 7. The second-order valence-corrected chi connectivity index (χ2v) is 8.45. The molecule has 5 nitrogen and oxygen atoms in total. The van der Waals surface area contributed by atoms with E-state index in [0.29, 0.717) is 18.7 Å². The Morgan fingerprint density at radius 2 is 1.58 bits per heavy atom. The summed E-state index contributed by atoms with van der Waals surface area (Å²) in [6.45, 7) is 8.07. The first-order valence-electron chi connectivity index (χ1n) is 11.2. The third kappa shape index (κ3) is 5.50. The standard InChI is InChI=1S/C28H29N3O2/c1-19-11-13-23(14-12-19)29-27(32)16-15-26-22(4)30-31(24-9-5-7-20(2)17-24)28(26)33-25-10-6-8-21(3)18-25/h5-14,17-18H,15-16H2,1-4H3,(H,29,32). The predicted molar refractivity (Wildman–Crippen MR) is 132 cm³/mol. The first-order valence-corrected chi connectivity index (χ1v) is 11.2. The van der Waals surface area contributed by atoms with Crippen LogP contribution in [0.3, 0.4) is 0 Å². The van der Waals surface area contributed by atoms with Crippen LogP contribution in [0.2, 0.25) is 0 Å². The van der Waals surface area contributed by atoms with Crippen molar-refractivity contribution in [2.24, 2.45) is 0 Å². The number of anilines is 1. The van der Waals surface area contributed by atoms with E-state index in [9.17, 15) is 4.79 Å². The van der Waals surface area contributed by atoms with Gasteiger partial charge in [0.1, 0.15) is 5.75 Å². The summed E-state index contributed by atoms with van der Waals surface area (Å²) in [5.41, 5.74) is 6.92. The molecule has 1 N–H and O–H groups in total. The molecular formula is C28H29N3O2. The van der Waals surface area contributed by atoms with Gasteiger partial charge in [0.25, 0.3) is 0 Å². The summed E-state index contributed by atoms with van der Waals surface area (Å²) in [5.74, 6) is 1.35. The summed E-state index contributed by atoms with van der Waals surface area (Å²) in [6, 6.07) is 23.9. The molecule has 1 aromatic heterocycles. The summed E-state index contributed by atoms with van der Waals surface area (Å²) in [7, 11) is 0. The quantitative estimate of drug-likeness (QED) is 0.359. The number of aryl methyl sites for hydroxylation is 4. The lowest BCUT2D eigenvalue weighted by atomic mass is 10.1. The number of benzene rings is 3. The van der Waals surface area contributed by atoms with Gasteiger partial charge in [-0.3, -0.25) is 4.79 Å². The summed E-state index contributed by atoms with van der Waals surface area (Å²) in [4.78, 5) is 12.6. The van der Waals surface area contributed by atoms with E-state index in [0.717, 1.165) is 45.1 Å². The average molecular weight is 440 g/mol. The molecule has 168 valence electrons. The maximum Gasteiger partial charge on any atom is 0.226 e. The fourth-order valence-electron chi connectivity index (χ4n) is 3.76. The number of nitrogens with zero attached hydrogens (tertiary/aromatic N) is 2. The predicted octanol–water partition coefficient (Wildman–Crippen LogP) is 6.47. The molecule has 3 aromatic carbocycles. The molecule has 33 heavy (non-hydrogen) atoms. The van der Waals surface area contributed by atoms with Crippen LogP contribution in [0.1, 0.15) is 34.4 Å². The van der Waals surface area contributed by atoms with E-state index >= 15 is 0 Å². The zero-order chi connectivity index (χ0) is 23.4. The van der Waals surface area contributed by atoms with Gasteiger partial charge in [0.2, 0.25) is 11.8 Å². The summed E-state index contributed by atoms with van der Waals surface area (Å²) in [5, 5.41) is 7.75. The number of carbonyl (C=O) groups is 1. The van der Waals surface area contributed by atoms with E-state index in [-0.39, 0.29) is 5.91 Å². The number of aromatic nitrogens is 2. The number of hydrogen-bond donors (Lipinski definition) is 1. The van der Waals surface area contributed by atoms with Gasteiger partial charge in [0, 0.05) is 17.7 Å². The Bertz CT molecular complexity index is 1270. The van der Waals surface area contributed by atoms with Gasteiger partial charge in [-0.05, 0) is 81.6 Å². The van der Waals surface area contributed by atoms with Crippen molar-refractivity contribution in [1.82, 2.24) is 9.78 Å². The SMILES string of the molecule is Cc1ccc(NC(=O)CCc2c(C)nn(-c3cccc(C)c3)c2Oc2cccc(C)c2)cc1. The lowest BCUT2D eigenvalue weighted by molar-refractivity contribution is -0.116. The molecule has 0 aliphatic heterocycles. The highest BCUT2D eigenvalue weighted by atomic mass is 16.5. The van der Waals surface area contributed by atoms with Crippen LogP contribution in [-0.2, 0) is 11.2 Å². The maximum absolute atomic E-state index is 12.6. The Morgan fingerprint density at radius 1 is 0.879 bits per heavy atom. The maximum atomic E-state index is 12.6. The molecule has 0 unspecified atom stereocenters. The van der Waals surface area contributed by atoms with Gasteiger partial charge in [-0.25, -0.2) is 4.68 Å². The molecule has 4 aromatic rings. The zero-order valence-corrected chi connectivity index (χ0v) is 19.6. The molecule has 0 fully saturated rings. The summed E-state index contributed by atoms with van der Waals surface area (Å²) >= 11 is 0. The molecule has 4 rings (SSSR count). The molecule has 1 heterocycles. The van der Waals surface area contributed by atoms with Crippen molar-refractivity contribution in [2.45, 2.75) is 40.5 Å². The second kappa shape index (κ2) is 9.74. The number of nitrogens with one attached hydrogen (secondary N) is 1. The fraction of sp³-hybridized carbons (Fsp3) is 0.214. The van der Waals surface area contributed by atoms with Crippen LogP contribution in [0, 0.1) is 27.7 Å². The van der Waals surface area contributed by atoms with Gasteiger partial charge in [0.05, 0.1) is 11.4 Å². The molecule has 5 heteroatoms. The molecular weight excluding hydrogens is 410 g/mol. The van der Waals surface area contributed by atoms with E-state index in [2.05, 4.69) is 24.4 Å². The van der Waals surface area contributed by atoms with Crippen LogP contribution in [0.4, 0.5) is 5.69 Å². The van der Waals surface area contributed by atoms with E-state index in [1.54, 1.807) is 0 Å². The normalized spacial score (nSPS) is 10.8. The molecule has 0 saturated heterocycles. The molecule has 1 amide bonds. The second-order valence-electron chi connectivity index (χ2n) is 8.45. The molecule has 0 aliphatic rings. The van der Waals surface area contributed by atoms with Crippen molar-refractivity contribution < 1.29 is 9.53 Å². The van der Waals surface area contributed by atoms with Gasteiger partial charge in [0.15, 0.2) is 0 Å². The molecule has 0 radical (unpaired) electrons.